The fourth-order valence-corrected chi connectivity index (χ4v) is 2.13. The predicted molar refractivity (Wildman–Crippen MR) is 79.7 cm³/mol. The number of anilines is 1. The molecule has 0 fully saturated rings. The van der Waals surface area contributed by atoms with Gasteiger partial charge >= 0.3 is 6.18 Å². The molecule has 0 radical (unpaired) electrons. The van der Waals surface area contributed by atoms with Crippen molar-refractivity contribution in [2.45, 2.75) is 6.18 Å². The van der Waals surface area contributed by atoms with Gasteiger partial charge in [-0.2, -0.15) is 23.4 Å². The van der Waals surface area contributed by atoms with Crippen molar-refractivity contribution >= 4 is 11.6 Å². The van der Waals surface area contributed by atoms with Gasteiger partial charge in [-0.25, -0.2) is 4.68 Å². The van der Waals surface area contributed by atoms with Crippen molar-refractivity contribution in [3.8, 4) is 5.69 Å². The molecule has 0 aliphatic rings. The summed E-state index contributed by atoms with van der Waals surface area (Å²) in [6, 6.07) is 9.22. The minimum absolute atomic E-state index is 0.182. The normalized spacial score (nSPS) is 11.5. The van der Waals surface area contributed by atoms with Crippen molar-refractivity contribution in [2.24, 2.45) is 7.05 Å². The van der Waals surface area contributed by atoms with Crippen molar-refractivity contribution < 1.29 is 18.0 Å². The first kappa shape index (κ1) is 15.8. The number of hydrogen-bond acceptors (Lipinski definition) is 3. The number of halogens is 3. The van der Waals surface area contributed by atoms with Gasteiger partial charge in [-0.1, -0.05) is 0 Å². The van der Waals surface area contributed by atoms with Crippen LogP contribution in [-0.2, 0) is 13.2 Å². The molecule has 124 valence electrons. The van der Waals surface area contributed by atoms with Crippen LogP contribution in [0.4, 0.5) is 18.9 Å². The number of carbonyl (C=O) groups excluding carboxylic acids is 1. The fraction of sp³-hybridized carbons (Fsp3) is 0.133. The third-order valence-corrected chi connectivity index (χ3v) is 3.30. The van der Waals surface area contributed by atoms with E-state index >= 15 is 0 Å². The van der Waals surface area contributed by atoms with Crippen LogP contribution in [-0.4, -0.2) is 25.5 Å². The Morgan fingerprint density at radius 2 is 1.92 bits per heavy atom. The summed E-state index contributed by atoms with van der Waals surface area (Å²) in [5.74, 6) is -0.674. The van der Waals surface area contributed by atoms with Gasteiger partial charge in [0.2, 0.25) is 0 Å². The molecule has 2 aromatic heterocycles. The van der Waals surface area contributed by atoms with E-state index in [-0.39, 0.29) is 5.69 Å². The molecule has 1 N–H and O–H groups in total. The highest BCUT2D eigenvalue weighted by atomic mass is 19.4. The lowest BCUT2D eigenvalue weighted by molar-refractivity contribution is -0.141. The molecule has 0 unspecified atom stereocenters. The Morgan fingerprint density at radius 1 is 1.21 bits per heavy atom. The second kappa shape index (κ2) is 5.84. The molecular formula is C15H12F3N5O. The largest absolute Gasteiger partial charge is 0.435 e. The number of aryl methyl sites for hydroxylation is 1. The van der Waals surface area contributed by atoms with Gasteiger partial charge < -0.3 is 5.32 Å². The maximum Gasteiger partial charge on any atom is 0.435 e. The summed E-state index contributed by atoms with van der Waals surface area (Å²) in [6.07, 6.45) is -1.19. The van der Waals surface area contributed by atoms with Gasteiger partial charge in [-0.15, -0.1) is 0 Å². The number of benzene rings is 1. The zero-order chi connectivity index (χ0) is 17.3. The maximum atomic E-state index is 12.6. The molecule has 1 amide bonds. The molecule has 3 rings (SSSR count). The van der Waals surface area contributed by atoms with Gasteiger partial charge in [-0.3, -0.25) is 9.48 Å². The second-order valence-electron chi connectivity index (χ2n) is 4.99. The van der Waals surface area contributed by atoms with Gasteiger partial charge in [0.25, 0.3) is 5.91 Å². The van der Waals surface area contributed by atoms with Crippen molar-refractivity contribution in [1.82, 2.24) is 19.6 Å². The molecule has 24 heavy (non-hydrogen) atoms. The SMILES string of the molecule is Cn1nc(C(F)(F)F)cc1C(=O)Nc1ccc(-n2cccn2)cc1. The Labute approximate surface area is 134 Å². The van der Waals surface area contributed by atoms with Crippen LogP contribution in [0.2, 0.25) is 0 Å². The zero-order valence-electron chi connectivity index (χ0n) is 12.4. The molecule has 0 saturated carbocycles. The van der Waals surface area contributed by atoms with E-state index in [0.717, 1.165) is 10.4 Å². The van der Waals surface area contributed by atoms with E-state index in [1.54, 1.807) is 47.4 Å². The average molecular weight is 335 g/mol. The Hall–Kier alpha value is -3.10. The molecular weight excluding hydrogens is 323 g/mol. The number of rotatable bonds is 3. The number of nitrogens with zero attached hydrogens (tertiary/aromatic N) is 4. The Morgan fingerprint density at radius 3 is 2.46 bits per heavy atom. The average Bonchev–Trinajstić information content (AvgIpc) is 3.16. The highest BCUT2D eigenvalue weighted by molar-refractivity contribution is 6.03. The monoisotopic (exact) mass is 335 g/mol. The van der Waals surface area contributed by atoms with Crippen molar-refractivity contribution in [3.63, 3.8) is 0 Å². The van der Waals surface area contributed by atoms with Crippen LogP contribution in [0.5, 0.6) is 0 Å². The Bertz CT molecular complexity index is 850. The summed E-state index contributed by atoms with van der Waals surface area (Å²) in [5.41, 5.74) is -0.0498. The standard InChI is InChI=1S/C15H12F3N5O/c1-22-12(9-13(21-22)15(16,17)18)14(24)20-10-3-5-11(6-4-10)23-8-2-7-19-23/h2-9H,1H3,(H,20,24). The molecule has 0 saturated heterocycles. The minimum Gasteiger partial charge on any atom is -0.321 e. The molecule has 2 heterocycles. The summed E-state index contributed by atoms with van der Waals surface area (Å²) in [6.45, 7) is 0. The van der Waals surface area contributed by atoms with Crippen molar-refractivity contribution in [3.05, 3.63) is 60.2 Å². The lowest BCUT2D eigenvalue weighted by atomic mass is 10.2. The van der Waals surface area contributed by atoms with Gasteiger partial charge in [0.05, 0.1) is 5.69 Å². The van der Waals surface area contributed by atoms with Crippen molar-refractivity contribution in [2.75, 3.05) is 5.32 Å². The Balaban J connectivity index is 1.77. The number of hydrogen-bond donors (Lipinski definition) is 1. The minimum atomic E-state index is -4.60. The first-order valence-corrected chi connectivity index (χ1v) is 6.87. The lowest BCUT2D eigenvalue weighted by Gasteiger charge is -2.06. The molecule has 0 spiro atoms. The molecule has 1 aromatic carbocycles. The van der Waals surface area contributed by atoms with E-state index in [1.807, 2.05) is 0 Å². The van der Waals surface area contributed by atoms with Crippen LogP contribution >= 0.6 is 0 Å². The van der Waals surface area contributed by atoms with E-state index in [0.29, 0.717) is 11.8 Å². The van der Waals surface area contributed by atoms with E-state index in [2.05, 4.69) is 15.5 Å². The maximum absolute atomic E-state index is 12.6. The van der Waals surface area contributed by atoms with Crippen LogP contribution in [0.15, 0.2) is 48.8 Å². The molecule has 0 aliphatic heterocycles. The first-order chi connectivity index (χ1) is 11.3. The molecule has 3 aromatic rings. The number of nitrogens with one attached hydrogen (secondary N) is 1. The highest BCUT2D eigenvalue weighted by Crippen LogP contribution is 2.28. The van der Waals surface area contributed by atoms with Gasteiger partial charge in [0.15, 0.2) is 5.69 Å². The number of amides is 1. The molecule has 0 atom stereocenters. The highest BCUT2D eigenvalue weighted by Gasteiger charge is 2.35. The van der Waals surface area contributed by atoms with Crippen LogP contribution in [0.1, 0.15) is 16.2 Å². The second-order valence-corrected chi connectivity index (χ2v) is 4.99. The fourth-order valence-electron chi connectivity index (χ4n) is 2.13. The lowest BCUT2D eigenvalue weighted by Crippen LogP contribution is -2.16. The molecule has 0 bridgehead atoms. The smallest absolute Gasteiger partial charge is 0.321 e. The third-order valence-electron chi connectivity index (χ3n) is 3.30. The number of alkyl halides is 3. The topological polar surface area (TPSA) is 64.7 Å². The molecule has 0 aliphatic carbocycles. The summed E-state index contributed by atoms with van der Waals surface area (Å²) < 4.78 is 40.4. The van der Waals surface area contributed by atoms with Crippen molar-refractivity contribution in [1.29, 1.82) is 0 Å². The third kappa shape index (κ3) is 3.14. The molecule has 9 heteroatoms. The number of carbonyl (C=O) groups is 1. The van der Waals surface area contributed by atoms with Gasteiger partial charge in [-0.05, 0) is 30.3 Å². The first-order valence-electron chi connectivity index (χ1n) is 6.87. The summed E-state index contributed by atoms with van der Waals surface area (Å²) >= 11 is 0. The van der Waals surface area contributed by atoms with E-state index in [9.17, 15) is 18.0 Å². The summed E-state index contributed by atoms with van der Waals surface area (Å²) in [7, 11) is 1.28. The quantitative estimate of drug-likeness (QED) is 0.800. The molecule has 6 nitrogen and oxygen atoms in total. The Kier molecular flexibility index (Phi) is 3.84. The van der Waals surface area contributed by atoms with Gasteiger partial charge in [0, 0.05) is 31.2 Å². The predicted octanol–water partition coefficient (Wildman–Crippen LogP) is 2.88. The van der Waals surface area contributed by atoms with E-state index < -0.39 is 17.8 Å². The van der Waals surface area contributed by atoms with Crippen LogP contribution in [0.25, 0.3) is 5.69 Å². The number of aromatic nitrogens is 4. The van der Waals surface area contributed by atoms with Crippen LogP contribution in [0.3, 0.4) is 0 Å². The summed E-state index contributed by atoms with van der Waals surface area (Å²) in [4.78, 5) is 12.1. The van der Waals surface area contributed by atoms with Crippen LogP contribution < -0.4 is 5.32 Å². The van der Waals surface area contributed by atoms with Gasteiger partial charge in [0.1, 0.15) is 5.69 Å². The van der Waals surface area contributed by atoms with E-state index in [1.165, 1.54) is 7.05 Å². The van der Waals surface area contributed by atoms with Crippen LogP contribution in [0, 0.1) is 0 Å². The van der Waals surface area contributed by atoms with E-state index in [4.69, 9.17) is 0 Å². The summed E-state index contributed by atoms with van der Waals surface area (Å²) in [5, 5.41) is 9.92. The zero-order valence-corrected chi connectivity index (χ0v) is 12.4.